The van der Waals surface area contributed by atoms with E-state index < -0.39 is 43.9 Å². The van der Waals surface area contributed by atoms with Crippen molar-refractivity contribution in [2.45, 2.75) is 30.5 Å². The number of halogens is 3. The Morgan fingerprint density at radius 2 is 1.55 bits per heavy atom. The van der Waals surface area contributed by atoms with Gasteiger partial charge in [-0.05, 0) is 48.5 Å². The second kappa shape index (κ2) is 11.9. The molecule has 1 saturated heterocycles. The summed E-state index contributed by atoms with van der Waals surface area (Å²) in [6, 6.07) is 12.4. The molecule has 4 aromatic rings. The highest BCUT2D eigenvalue weighted by atomic mass is 32.5. The van der Waals surface area contributed by atoms with E-state index in [2.05, 4.69) is 15.0 Å². The summed E-state index contributed by atoms with van der Waals surface area (Å²) >= 11 is 5.57. The Kier molecular flexibility index (Phi) is 8.44. The highest BCUT2D eigenvalue weighted by Crippen LogP contribution is 2.53. The first kappa shape index (κ1) is 29.8. The number of imidazole rings is 1. The van der Waals surface area contributed by atoms with Gasteiger partial charge in [0, 0.05) is 11.8 Å². The van der Waals surface area contributed by atoms with Crippen molar-refractivity contribution in [1.82, 2.24) is 19.5 Å². The van der Waals surface area contributed by atoms with Crippen LogP contribution in [0.2, 0.25) is 0 Å². The smallest absolute Gasteiger partial charge is 0.435 e. The van der Waals surface area contributed by atoms with E-state index in [0.717, 1.165) is 17.2 Å². The number of anilines is 1. The van der Waals surface area contributed by atoms with Crippen molar-refractivity contribution in [2.24, 2.45) is 0 Å². The van der Waals surface area contributed by atoms with E-state index in [0.29, 0.717) is 11.5 Å². The Morgan fingerprint density at radius 1 is 1.00 bits per heavy atom. The molecule has 2 aromatic carbocycles. The van der Waals surface area contributed by atoms with E-state index in [1.807, 2.05) is 0 Å². The van der Waals surface area contributed by atoms with Crippen LogP contribution in [0.1, 0.15) is 6.23 Å². The first-order chi connectivity index (χ1) is 20.1. The highest BCUT2D eigenvalue weighted by molar-refractivity contribution is 8.07. The molecule has 0 amide bonds. The Bertz CT molecular complexity index is 1530. The number of methoxy groups -OCH3 is 2. The van der Waals surface area contributed by atoms with E-state index >= 15 is 4.39 Å². The normalized spacial score (nSPS) is 22.4. The zero-order valence-corrected chi connectivity index (χ0v) is 23.8. The topological polar surface area (TPSA) is 145 Å². The monoisotopic (exact) mass is 627 g/mol. The number of aromatic nitrogens is 4. The highest BCUT2D eigenvalue weighted by Gasteiger charge is 2.62. The maximum Gasteiger partial charge on any atom is 0.435 e. The van der Waals surface area contributed by atoms with E-state index in [1.165, 1.54) is 38.5 Å². The third-order valence-electron chi connectivity index (χ3n) is 6.45. The average Bonchev–Trinajstić information content (AvgIpc) is 3.53. The zero-order chi connectivity index (χ0) is 30.1. The van der Waals surface area contributed by atoms with Crippen LogP contribution in [-0.2, 0) is 21.1 Å². The molecule has 1 aliphatic rings. The third-order valence-corrected chi connectivity index (χ3v) is 8.52. The molecule has 0 aliphatic carbocycles. The lowest BCUT2D eigenvalue weighted by molar-refractivity contribution is -0.191. The van der Waals surface area contributed by atoms with Crippen LogP contribution in [-0.4, -0.2) is 69.8 Å². The SMILES string of the molecule is COc1ccc(OP(=S)(OC[C@@]2(C(F)F)O[C@@H](n3cnc4c(N)ncnc43)[C@H](F)[C@@H]2O)Oc2ccc(OC)cc2)cc1. The van der Waals surface area contributed by atoms with Crippen molar-refractivity contribution in [3.63, 3.8) is 0 Å². The van der Waals surface area contributed by atoms with Crippen molar-refractivity contribution < 1.29 is 46.1 Å². The van der Waals surface area contributed by atoms with Crippen LogP contribution in [0.3, 0.4) is 0 Å². The van der Waals surface area contributed by atoms with E-state index in [1.54, 1.807) is 24.3 Å². The molecule has 12 nitrogen and oxygen atoms in total. The lowest BCUT2D eigenvalue weighted by atomic mass is 9.97. The molecular weight excluding hydrogens is 602 g/mol. The lowest BCUT2D eigenvalue weighted by Crippen LogP contribution is -2.52. The molecule has 5 rings (SSSR count). The Morgan fingerprint density at radius 3 is 2.07 bits per heavy atom. The second-order valence-corrected chi connectivity index (χ2v) is 11.8. The van der Waals surface area contributed by atoms with Gasteiger partial charge in [-0.25, -0.2) is 28.1 Å². The van der Waals surface area contributed by atoms with Gasteiger partial charge in [0.05, 0.1) is 27.2 Å². The summed E-state index contributed by atoms with van der Waals surface area (Å²) in [4.78, 5) is 11.8. The van der Waals surface area contributed by atoms with Gasteiger partial charge in [-0.3, -0.25) is 9.09 Å². The van der Waals surface area contributed by atoms with Crippen LogP contribution in [0.15, 0.2) is 61.2 Å². The number of nitrogen functional groups attached to an aromatic ring is 1. The summed E-state index contributed by atoms with van der Waals surface area (Å²) in [5.74, 6) is 1.38. The minimum atomic E-state index is -3.97. The molecule has 4 atom stereocenters. The fraction of sp³-hybridized carbons (Fsp3) is 0.320. The molecule has 0 radical (unpaired) electrons. The number of aliphatic hydroxyl groups is 1. The van der Waals surface area contributed by atoms with Crippen molar-refractivity contribution in [1.29, 1.82) is 0 Å². The molecule has 42 heavy (non-hydrogen) atoms. The number of hydrogen-bond acceptors (Lipinski definition) is 12. The Labute approximate surface area is 242 Å². The van der Waals surface area contributed by atoms with Gasteiger partial charge in [0.2, 0.25) is 0 Å². The van der Waals surface area contributed by atoms with Crippen molar-refractivity contribution >= 4 is 35.5 Å². The zero-order valence-electron chi connectivity index (χ0n) is 22.0. The minimum Gasteiger partial charge on any atom is -0.497 e. The fourth-order valence-electron chi connectivity index (χ4n) is 4.20. The summed E-state index contributed by atoms with van der Waals surface area (Å²) in [5, 5.41) is 10.8. The molecule has 0 bridgehead atoms. The fourth-order valence-corrected chi connectivity index (χ4v) is 6.13. The molecule has 0 unspecified atom stereocenters. The first-order valence-electron chi connectivity index (χ1n) is 12.2. The van der Waals surface area contributed by atoms with Crippen LogP contribution in [0.25, 0.3) is 11.2 Å². The molecule has 2 aromatic heterocycles. The molecule has 17 heteroatoms. The average molecular weight is 628 g/mol. The van der Waals surface area contributed by atoms with E-state index in [-0.39, 0.29) is 28.5 Å². The second-order valence-electron chi connectivity index (χ2n) is 8.99. The Balaban J connectivity index is 1.44. The number of hydrogen-bond donors (Lipinski definition) is 2. The number of ether oxygens (including phenoxy) is 3. The summed E-state index contributed by atoms with van der Waals surface area (Å²) in [6.07, 6.45) is -7.70. The molecule has 1 aliphatic heterocycles. The molecule has 0 spiro atoms. The van der Waals surface area contributed by atoms with E-state index in [4.69, 9.17) is 45.3 Å². The third kappa shape index (κ3) is 5.68. The number of benzene rings is 2. The van der Waals surface area contributed by atoms with Gasteiger partial charge >= 0.3 is 6.72 Å². The molecule has 0 saturated carbocycles. The number of fused-ring (bicyclic) bond motifs is 1. The standard InChI is InChI=1S/C25H25F3N5O7PS/c1-35-14-3-7-16(8-4-14)39-41(42,40-17-9-5-15(36-2)6-10-17)37-11-25(24(27)28)20(34)18(26)23(38-25)33-13-32-19-21(29)30-12-31-22(19)33/h3-10,12-13,18,20,23-24,34H,11H2,1-2H3,(H2,29,30,31)/t18-,20+,23-,25-/m1/s1. The molecular formula is C25H25F3N5O7PS. The number of aliphatic hydroxyl groups excluding tert-OH is 1. The summed E-state index contributed by atoms with van der Waals surface area (Å²) in [5.41, 5.74) is 3.03. The molecule has 3 N–H and O–H groups in total. The van der Waals surface area contributed by atoms with Crippen LogP contribution in [0.4, 0.5) is 19.0 Å². The van der Waals surface area contributed by atoms with Crippen molar-refractivity contribution in [3.05, 3.63) is 61.2 Å². The molecule has 224 valence electrons. The maximum atomic E-state index is 15.5. The number of rotatable bonds is 11. The van der Waals surface area contributed by atoms with Gasteiger partial charge in [0.15, 0.2) is 29.5 Å². The predicted octanol–water partition coefficient (Wildman–Crippen LogP) is 4.06. The van der Waals surface area contributed by atoms with Gasteiger partial charge in [-0.1, -0.05) is 0 Å². The van der Waals surface area contributed by atoms with Crippen LogP contribution in [0, 0.1) is 0 Å². The maximum absolute atomic E-state index is 15.5. The van der Waals surface area contributed by atoms with Crippen LogP contribution >= 0.6 is 6.72 Å². The van der Waals surface area contributed by atoms with Gasteiger partial charge < -0.3 is 34.1 Å². The summed E-state index contributed by atoms with van der Waals surface area (Å²) in [6.45, 7) is -5.07. The van der Waals surface area contributed by atoms with Crippen LogP contribution in [0.5, 0.6) is 23.0 Å². The molecule has 3 heterocycles. The quantitative estimate of drug-likeness (QED) is 0.231. The minimum absolute atomic E-state index is 0.0109. The lowest BCUT2D eigenvalue weighted by Gasteiger charge is -2.32. The van der Waals surface area contributed by atoms with Gasteiger partial charge in [-0.15, -0.1) is 0 Å². The summed E-state index contributed by atoms with van der Waals surface area (Å²) < 4.78 is 79.1. The summed E-state index contributed by atoms with van der Waals surface area (Å²) in [7, 11) is 2.96. The molecule has 1 fully saturated rings. The van der Waals surface area contributed by atoms with Crippen LogP contribution < -0.4 is 24.3 Å². The van der Waals surface area contributed by atoms with Gasteiger partial charge in [0.25, 0.3) is 6.43 Å². The predicted molar refractivity (Wildman–Crippen MR) is 147 cm³/mol. The largest absolute Gasteiger partial charge is 0.497 e. The van der Waals surface area contributed by atoms with Crippen molar-refractivity contribution in [3.8, 4) is 23.0 Å². The van der Waals surface area contributed by atoms with Gasteiger partial charge in [-0.2, -0.15) is 0 Å². The Hall–Kier alpha value is -3.69. The number of alkyl halides is 3. The number of nitrogens with two attached hydrogens (primary N) is 1. The van der Waals surface area contributed by atoms with Crippen molar-refractivity contribution in [2.75, 3.05) is 26.6 Å². The number of nitrogens with zero attached hydrogens (tertiary/aromatic N) is 4. The van der Waals surface area contributed by atoms with Gasteiger partial charge in [0.1, 0.15) is 40.9 Å². The first-order valence-corrected chi connectivity index (χ1v) is 14.8. The van der Waals surface area contributed by atoms with E-state index in [9.17, 15) is 13.9 Å².